The Hall–Kier alpha value is -4.32. The molecule has 1 aliphatic rings. The van der Waals surface area contributed by atoms with Crippen molar-refractivity contribution >= 4 is 17.5 Å². The maximum Gasteiger partial charge on any atom is 0.573 e. The van der Waals surface area contributed by atoms with E-state index in [9.17, 15) is 32.7 Å². The van der Waals surface area contributed by atoms with E-state index in [2.05, 4.69) is 10.1 Å². The van der Waals surface area contributed by atoms with Gasteiger partial charge in [-0.25, -0.2) is 0 Å². The van der Waals surface area contributed by atoms with Crippen molar-refractivity contribution in [3.05, 3.63) is 87.8 Å². The number of aromatic nitrogens is 1. The maximum absolute atomic E-state index is 13.7. The molecule has 1 unspecified atom stereocenters. The highest BCUT2D eigenvalue weighted by Crippen LogP contribution is 2.37. The van der Waals surface area contributed by atoms with Crippen LogP contribution in [0.5, 0.6) is 11.5 Å². The van der Waals surface area contributed by atoms with Gasteiger partial charge in [0.25, 0.3) is 11.5 Å². The van der Waals surface area contributed by atoms with E-state index < -0.39 is 35.4 Å². The summed E-state index contributed by atoms with van der Waals surface area (Å²) in [6.07, 6.45) is -3.30. The number of benzene rings is 2. The summed E-state index contributed by atoms with van der Waals surface area (Å²) >= 11 is 0. The van der Waals surface area contributed by atoms with Gasteiger partial charge in [-0.2, -0.15) is 0 Å². The Morgan fingerprint density at radius 1 is 1.05 bits per heavy atom. The molecule has 0 aliphatic carbocycles. The Bertz CT molecular complexity index is 1420. The van der Waals surface area contributed by atoms with Crippen LogP contribution < -0.4 is 25.2 Å². The number of nitrogens with zero attached hydrogens (tertiary/aromatic N) is 2. The van der Waals surface area contributed by atoms with Gasteiger partial charge in [-0.1, -0.05) is 12.1 Å². The van der Waals surface area contributed by atoms with E-state index in [1.54, 1.807) is 31.3 Å². The molecule has 2 aromatic carbocycles. The molecule has 212 valence electrons. The zero-order chi connectivity index (χ0) is 29.0. The highest BCUT2D eigenvalue weighted by molar-refractivity contribution is 6.00. The molecule has 9 nitrogen and oxygen atoms in total. The Labute approximate surface area is 227 Å². The Morgan fingerprint density at radius 3 is 2.30 bits per heavy atom. The minimum Gasteiger partial charge on any atom is -0.497 e. The van der Waals surface area contributed by atoms with Gasteiger partial charge >= 0.3 is 6.36 Å². The van der Waals surface area contributed by atoms with Crippen molar-refractivity contribution in [3.8, 4) is 11.5 Å². The number of rotatable bonds is 9. The summed E-state index contributed by atoms with van der Waals surface area (Å²) in [5.41, 5.74) is 1.26. The second kappa shape index (κ2) is 11.8. The van der Waals surface area contributed by atoms with Crippen molar-refractivity contribution < 1.29 is 37.3 Å². The van der Waals surface area contributed by atoms with E-state index in [4.69, 9.17) is 4.74 Å². The van der Waals surface area contributed by atoms with E-state index in [-0.39, 0.29) is 43.4 Å². The van der Waals surface area contributed by atoms with Crippen LogP contribution in [0.15, 0.2) is 65.6 Å². The standard InChI is InChI=1S/C28H28F3N3O6/c1-17-11-12-33(13-14-35)27(38)24(17)34-16-23(18-3-7-20(39-2)8-4-18)22(26(34)37)15-32-25(36)19-5-9-21(10-6-19)40-28(29,30)31/h3-12,22-23,35H,13-16H2,1-2H3,(H,32,36)/t22?,23-/m0/s1. The van der Waals surface area contributed by atoms with Gasteiger partial charge in [0.05, 0.1) is 19.6 Å². The lowest BCUT2D eigenvalue weighted by Gasteiger charge is -2.20. The molecule has 0 saturated carbocycles. The van der Waals surface area contributed by atoms with E-state index in [0.717, 1.165) is 17.7 Å². The lowest BCUT2D eigenvalue weighted by molar-refractivity contribution is -0.274. The first-order chi connectivity index (χ1) is 19.0. The van der Waals surface area contributed by atoms with Gasteiger partial charge in [-0.05, 0) is 60.5 Å². The van der Waals surface area contributed by atoms with E-state index >= 15 is 0 Å². The number of hydrogen-bond acceptors (Lipinski definition) is 6. The van der Waals surface area contributed by atoms with Crippen LogP contribution in [0.2, 0.25) is 0 Å². The SMILES string of the molecule is COc1ccc([C@@H]2CN(c3c(C)ccn(CCO)c3=O)C(=O)C2CNC(=O)c2ccc(OC(F)(F)F)cc2)cc1. The average molecular weight is 560 g/mol. The van der Waals surface area contributed by atoms with Crippen molar-refractivity contribution in [1.82, 2.24) is 9.88 Å². The molecule has 2 atom stereocenters. The first-order valence-corrected chi connectivity index (χ1v) is 12.4. The molecule has 0 bridgehead atoms. The third-order valence-corrected chi connectivity index (χ3v) is 6.78. The van der Waals surface area contributed by atoms with Crippen LogP contribution in [0.1, 0.15) is 27.4 Å². The van der Waals surface area contributed by atoms with Gasteiger partial charge in [-0.3, -0.25) is 14.4 Å². The number of anilines is 1. The first-order valence-electron chi connectivity index (χ1n) is 12.4. The number of methoxy groups -OCH3 is 1. The average Bonchev–Trinajstić information content (AvgIpc) is 3.24. The van der Waals surface area contributed by atoms with Gasteiger partial charge < -0.3 is 29.4 Å². The van der Waals surface area contributed by atoms with Gasteiger partial charge in [-0.15, -0.1) is 13.2 Å². The Kier molecular flexibility index (Phi) is 8.48. The van der Waals surface area contributed by atoms with Crippen LogP contribution in [0, 0.1) is 12.8 Å². The molecular weight excluding hydrogens is 531 g/mol. The highest BCUT2D eigenvalue weighted by atomic mass is 19.4. The summed E-state index contributed by atoms with van der Waals surface area (Å²) in [5.74, 6) is -1.92. The summed E-state index contributed by atoms with van der Waals surface area (Å²) in [6.45, 7) is 1.64. The normalized spacial score (nSPS) is 17.1. The lowest BCUT2D eigenvalue weighted by atomic mass is 9.88. The van der Waals surface area contributed by atoms with Crippen LogP contribution >= 0.6 is 0 Å². The van der Waals surface area contributed by atoms with Gasteiger partial charge in [0.1, 0.15) is 17.2 Å². The minimum atomic E-state index is -4.85. The van der Waals surface area contributed by atoms with Gasteiger partial charge in [0, 0.05) is 37.3 Å². The fourth-order valence-corrected chi connectivity index (χ4v) is 4.78. The summed E-state index contributed by atoms with van der Waals surface area (Å²) in [7, 11) is 1.53. The molecule has 3 aromatic rings. The third-order valence-electron chi connectivity index (χ3n) is 6.78. The fraction of sp³-hybridized carbons (Fsp3) is 0.321. The molecule has 0 radical (unpaired) electrons. The quantitative estimate of drug-likeness (QED) is 0.417. The highest BCUT2D eigenvalue weighted by Gasteiger charge is 2.43. The Morgan fingerprint density at radius 2 is 1.70 bits per heavy atom. The third kappa shape index (κ3) is 6.28. The maximum atomic E-state index is 13.7. The van der Waals surface area contributed by atoms with Crippen molar-refractivity contribution in [2.75, 3.05) is 31.7 Å². The van der Waals surface area contributed by atoms with Gasteiger partial charge in [0.15, 0.2) is 0 Å². The van der Waals surface area contributed by atoms with E-state index in [1.807, 2.05) is 12.1 Å². The van der Waals surface area contributed by atoms with Gasteiger partial charge in [0.2, 0.25) is 5.91 Å². The molecule has 1 fully saturated rings. The van der Waals surface area contributed by atoms with Crippen LogP contribution in [-0.2, 0) is 11.3 Å². The smallest absolute Gasteiger partial charge is 0.497 e. The van der Waals surface area contributed by atoms with Crippen LogP contribution in [0.4, 0.5) is 18.9 Å². The molecule has 12 heteroatoms. The number of hydrogen-bond donors (Lipinski definition) is 2. The molecule has 2 N–H and O–H groups in total. The number of aliphatic hydroxyl groups excluding tert-OH is 1. The fourth-order valence-electron chi connectivity index (χ4n) is 4.78. The zero-order valence-corrected chi connectivity index (χ0v) is 21.8. The van der Waals surface area contributed by atoms with Crippen molar-refractivity contribution in [1.29, 1.82) is 0 Å². The number of halogens is 3. The first kappa shape index (κ1) is 28.7. The molecular formula is C28H28F3N3O6. The minimum absolute atomic E-state index is 0.0718. The molecule has 1 saturated heterocycles. The van der Waals surface area contributed by atoms with E-state index in [1.165, 1.54) is 28.7 Å². The van der Waals surface area contributed by atoms with Crippen LogP contribution in [0.25, 0.3) is 0 Å². The topological polar surface area (TPSA) is 110 Å². The predicted octanol–water partition coefficient (Wildman–Crippen LogP) is 3.23. The van der Waals surface area contributed by atoms with Crippen molar-refractivity contribution in [2.45, 2.75) is 25.7 Å². The number of amides is 2. The molecule has 2 amide bonds. The van der Waals surface area contributed by atoms with Crippen molar-refractivity contribution in [3.63, 3.8) is 0 Å². The summed E-state index contributed by atoms with van der Waals surface area (Å²) in [5, 5.41) is 12.0. The monoisotopic (exact) mass is 559 g/mol. The second-order valence-corrected chi connectivity index (χ2v) is 9.29. The predicted molar refractivity (Wildman–Crippen MR) is 140 cm³/mol. The number of aliphatic hydroxyl groups is 1. The molecule has 0 spiro atoms. The van der Waals surface area contributed by atoms with Crippen LogP contribution in [0.3, 0.4) is 0 Å². The summed E-state index contributed by atoms with van der Waals surface area (Å²) < 4.78 is 47.7. The molecule has 4 rings (SSSR count). The Balaban J connectivity index is 1.60. The second-order valence-electron chi connectivity index (χ2n) is 9.29. The molecule has 1 aliphatic heterocycles. The zero-order valence-electron chi connectivity index (χ0n) is 21.8. The summed E-state index contributed by atoms with van der Waals surface area (Å²) in [6, 6.07) is 13.3. The molecule has 40 heavy (non-hydrogen) atoms. The van der Waals surface area contributed by atoms with Crippen molar-refractivity contribution in [2.24, 2.45) is 5.92 Å². The molecule has 2 heterocycles. The largest absolute Gasteiger partial charge is 0.573 e. The number of carbonyl (C=O) groups is 2. The van der Waals surface area contributed by atoms with Crippen LogP contribution in [-0.4, -0.2) is 54.7 Å². The number of carbonyl (C=O) groups excluding carboxylic acids is 2. The number of pyridine rings is 1. The number of nitrogens with one attached hydrogen (secondary N) is 1. The number of aryl methyl sites for hydroxylation is 1. The summed E-state index contributed by atoms with van der Waals surface area (Å²) in [4.78, 5) is 41.2. The van der Waals surface area contributed by atoms with E-state index in [0.29, 0.717) is 11.3 Å². The lowest BCUT2D eigenvalue weighted by Crippen LogP contribution is -2.38. The number of alkyl halides is 3. The molecule has 1 aromatic heterocycles. The number of ether oxygens (including phenoxy) is 2.